The summed E-state index contributed by atoms with van der Waals surface area (Å²) in [6.45, 7) is 3.28. The Morgan fingerprint density at radius 3 is 2.68 bits per heavy atom. The Labute approximate surface area is 112 Å². The fourth-order valence-electron chi connectivity index (χ4n) is 1.85. The van der Waals surface area contributed by atoms with Gasteiger partial charge >= 0.3 is 11.1 Å². The maximum atomic E-state index is 11.9. The number of halogens is 1. The summed E-state index contributed by atoms with van der Waals surface area (Å²) < 4.78 is 1.28. The van der Waals surface area contributed by atoms with E-state index in [1.165, 1.54) is 4.57 Å². The largest absolute Gasteiger partial charge is 0.390 e. The molecule has 2 rings (SSSR count). The highest BCUT2D eigenvalue weighted by molar-refractivity contribution is 6.28. The van der Waals surface area contributed by atoms with Crippen molar-refractivity contribution in [3.63, 3.8) is 0 Å². The Morgan fingerprint density at radius 2 is 2.11 bits per heavy atom. The second-order valence-corrected chi connectivity index (χ2v) is 4.52. The predicted octanol–water partition coefficient (Wildman–Crippen LogP) is 0.596. The SMILES string of the molecule is CC[C@@H](C)n1c(=O)c(=O)[nH]c2c(CO)nc(Cl)nc21. The van der Waals surface area contributed by atoms with Crippen molar-refractivity contribution in [3.8, 4) is 0 Å². The molecule has 7 nitrogen and oxygen atoms in total. The van der Waals surface area contributed by atoms with Crippen LogP contribution in [-0.4, -0.2) is 24.6 Å². The fraction of sp³-hybridized carbons (Fsp3) is 0.455. The average molecular weight is 285 g/mol. The van der Waals surface area contributed by atoms with Gasteiger partial charge in [-0.15, -0.1) is 0 Å². The van der Waals surface area contributed by atoms with E-state index in [9.17, 15) is 14.7 Å². The molecule has 0 fully saturated rings. The van der Waals surface area contributed by atoms with Gasteiger partial charge in [0.2, 0.25) is 5.28 Å². The topological polar surface area (TPSA) is 101 Å². The molecule has 2 heterocycles. The van der Waals surface area contributed by atoms with Gasteiger partial charge in [-0.3, -0.25) is 14.2 Å². The van der Waals surface area contributed by atoms with Crippen molar-refractivity contribution >= 4 is 22.8 Å². The Kier molecular flexibility index (Phi) is 3.68. The molecule has 2 N–H and O–H groups in total. The molecule has 1 atom stereocenters. The van der Waals surface area contributed by atoms with Gasteiger partial charge in [0.1, 0.15) is 5.52 Å². The van der Waals surface area contributed by atoms with E-state index in [4.69, 9.17) is 11.6 Å². The Balaban J connectivity index is 3.00. The maximum Gasteiger partial charge on any atom is 0.318 e. The monoisotopic (exact) mass is 284 g/mol. The van der Waals surface area contributed by atoms with Gasteiger partial charge in [-0.05, 0) is 24.9 Å². The van der Waals surface area contributed by atoms with Crippen LogP contribution in [0.25, 0.3) is 11.2 Å². The molecule has 102 valence electrons. The Hall–Kier alpha value is -1.73. The van der Waals surface area contributed by atoms with E-state index in [1.54, 1.807) is 6.92 Å². The smallest absolute Gasteiger partial charge is 0.318 e. The molecule has 0 saturated heterocycles. The van der Waals surface area contributed by atoms with Crippen LogP contribution in [0, 0.1) is 0 Å². The molecule has 2 aromatic rings. The third-order valence-electron chi connectivity index (χ3n) is 3.00. The molecular formula is C11H13ClN4O3. The first kappa shape index (κ1) is 13.7. The molecular weight excluding hydrogens is 272 g/mol. The van der Waals surface area contributed by atoms with Gasteiger partial charge in [0.25, 0.3) is 0 Å². The van der Waals surface area contributed by atoms with E-state index in [-0.39, 0.29) is 28.2 Å². The van der Waals surface area contributed by atoms with Crippen LogP contribution in [0.5, 0.6) is 0 Å². The number of aliphatic hydroxyl groups is 1. The van der Waals surface area contributed by atoms with Crippen molar-refractivity contribution in [1.29, 1.82) is 0 Å². The fourth-order valence-corrected chi connectivity index (χ4v) is 2.03. The Bertz CT molecular complexity index is 737. The molecule has 0 aliphatic rings. The van der Waals surface area contributed by atoms with E-state index in [0.29, 0.717) is 6.42 Å². The highest BCUT2D eigenvalue weighted by Crippen LogP contribution is 2.17. The zero-order valence-corrected chi connectivity index (χ0v) is 11.2. The van der Waals surface area contributed by atoms with Crippen LogP contribution in [0.3, 0.4) is 0 Å². The second kappa shape index (κ2) is 5.10. The normalized spacial score (nSPS) is 12.8. The van der Waals surface area contributed by atoms with E-state index < -0.39 is 17.7 Å². The Morgan fingerprint density at radius 1 is 1.42 bits per heavy atom. The number of rotatable bonds is 3. The van der Waals surface area contributed by atoms with Crippen molar-refractivity contribution in [2.75, 3.05) is 0 Å². The predicted molar refractivity (Wildman–Crippen MR) is 70.4 cm³/mol. The first-order valence-electron chi connectivity index (χ1n) is 5.81. The van der Waals surface area contributed by atoms with Gasteiger partial charge < -0.3 is 10.1 Å². The number of fused-ring (bicyclic) bond motifs is 1. The number of H-pyrrole nitrogens is 1. The van der Waals surface area contributed by atoms with Crippen molar-refractivity contribution < 1.29 is 5.11 Å². The number of hydrogen-bond donors (Lipinski definition) is 2. The van der Waals surface area contributed by atoms with Gasteiger partial charge in [0.05, 0.1) is 12.3 Å². The first-order valence-corrected chi connectivity index (χ1v) is 6.19. The lowest BCUT2D eigenvalue weighted by Crippen LogP contribution is -2.38. The molecule has 0 aliphatic heterocycles. The minimum absolute atomic E-state index is 0.0833. The lowest BCUT2D eigenvalue weighted by molar-refractivity contribution is 0.278. The van der Waals surface area contributed by atoms with Gasteiger partial charge in [0, 0.05) is 6.04 Å². The highest BCUT2D eigenvalue weighted by atomic mass is 35.5. The third kappa shape index (κ3) is 2.26. The molecule has 2 aromatic heterocycles. The van der Waals surface area contributed by atoms with E-state index >= 15 is 0 Å². The summed E-state index contributed by atoms with van der Waals surface area (Å²) in [6, 6.07) is -0.213. The maximum absolute atomic E-state index is 11.9. The van der Waals surface area contributed by atoms with E-state index in [2.05, 4.69) is 15.0 Å². The summed E-state index contributed by atoms with van der Waals surface area (Å²) >= 11 is 5.77. The minimum Gasteiger partial charge on any atom is -0.390 e. The molecule has 19 heavy (non-hydrogen) atoms. The zero-order chi connectivity index (χ0) is 14.2. The summed E-state index contributed by atoms with van der Waals surface area (Å²) in [4.78, 5) is 33.8. The number of aromatic amines is 1. The lowest BCUT2D eigenvalue weighted by Gasteiger charge is -2.15. The van der Waals surface area contributed by atoms with Crippen molar-refractivity contribution in [2.45, 2.75) is 32.9 Å². The molecule has 0 radical (unpaired) electrons. The van der Waals surface area contributed by atoms with Gasteiger partial charge in [-0.25, -0.2) is 4.98 Å². The molecule has 0 spiro atoms. The molecule has 8 heteroatoms. The molecule has 0 amide bonds. The first-order chi connectivity index (χ1) is 8.99. The van der Waals surface area contributed by atoms with Crippen LogP contribution in [0.1, 0.15) is 32.0 Å². The van der Waals surface area contributed by atoms with Gasteiger partial charge in [-0.2, -0.15) is 4.98 Å². The van der Waals surface area contributed by atoms with Crippen molar-refractivity contribution in [3.05, 3.63) is 31.7 Å². The van der Waals surface area contributed by atoms with Crippen LogP contribution in [0.2, 0.25) is 5.28 Å². The molecule has 0 aliphatic carbocycles. The quantitative estimate of drug-likeness (QED) is 0.635. The number of hydrogen-bond acceptors (Lipinski definition) is 5. The number of aliphatic hydroxyl groups excluding tert-OH is 1. The standard InChI is InChI=1S/C11H13ClN4O3/c1-3-5(2)16-8-7(14-9(18)10(16)19)6(4-17)13-11(12)15-8/h5,17H,3-4H2,1-2H3,(H,14,18)/t5-/m1/s1. The van der Waals surface area contributed by atoms with Crippen LogP contribution < -0.4 is 11.1 Å². The molecule has 0 unspecified atom stereocenters. The van der Waals surface area contributed by atoms with Gasteiger partial charge in [0.15, 0.2) is 5.65 Å². The summed E-state index contributed by atoms with van der Waals surface area (Å²) in [6.07, 6.45) is 0.647. The highest BCUT2D eigenvalue weighted by Gasteiger charge is 2.17. The number of nitrogens with one attached hydrogen (secondary N) is 1. The van der Waals surface area contributed by atoms with E-state index in [1.807, 2.05) is 6.92 Å². The molecule has 0 bridgehead atoms. The molecule has 0 aromatic carbocycles. The van der Waals surface area contributed by atoms with Crippen LogP contribution in [-0.2, 0) is 6.61 Å². The lowest BCUT2D eigenvalue weighted by atomic mass is 10.2. The summed E-state index contributed by atoms with van der Waals surface area (Å²) in [5.41, 5.74) is -0.821. The van der Waals surface area contributed by atoms with Gasteiger partial charge in [-0.1, -0.05) is 6.92 Å². The number of nitrogens with zero attached hydrogens (tertiary/aromatic N) is 3. The van der Waals surface area contributed by atoms with Crippen molar-refractivity contribution in [1.82, 2.24) is 19.5 Å². The summed E-state index contributed by atoms with van der Waals surface area (Å²) in [5.74, 6) is 0. The summed E-state index contributed by atoms with van der Waals surface area (Å²) in [5, 5.41) is 9.17. The van der Waals surface area contributed by atoms with Crippen LogP contribution in [0.4, 0.5) is 0 Å². The minimum atomic E-state index is -0.770. The summed E-state index contributed by atoms with van der Waals surface area (Å²) in [7, 11) is 0. The van der Waals surface area contributed by atoms with Crippen molar-refractivity contribution in [2.24, 2.45) is 0 Å². The number of aromatic nitrogens is 4. The second-order valence-electron chi connectivity index (χ2n) is 4.18. The van der Waals surface area contributed by atoms with Crippen LogP contribution >= 0.6 is 11.6 Å². The van der Waals surface area contributed by atoms with Crippen LogP contribution in [0.15, 0.2) is 9.59 Å². The molecule has 0 saturated carbocycles. The van der Waals surface area contributed by atoms with E-state index in [0.717, 1.165) is 0 Å². The third-order valence-corrected chi connectivity index (χ3v) is 3.17. The average Bonchev–Trinajstić information content (AvgIpc) is 2.39. The zero-order valence-electron chi connectivity index (χ0n) is 10.5.